The van der Waals surface area contributed by atoms with Crippen LogP contribution in [-0.4, -0.2) is 4.98 Å². The standard InChI is InChI=1S/C17H22N2O/c1-4-11-12-8-10(3)9-17(18,13(12)5-2)14-6-7-15(20)19-16(11)14/h5-8,11-12H,4,9,18H2,1-3H3,(H,19,20)/b13-5+. The van der Waals surface area contributed by atoms with E-state index in [9.17, 15) is 4.79 Å². The fourth-order valence-electron chi connectivity index (χ4n) is 4.14. The lowest BCUT2D eigenvalue weighted by Crippen LogP contribution is -2.49. The van der Waals surface area contributed by atoms with E-state index in [2.05, 4.69) is 37.9 Å². The summed E-state index contributed by atoms with van der Waals surface area (Å²) >= 11 is 0. The molecule has 0 aromatic carbocycles. The van der Waals surface area contributed by atoms with E-state index in [0.717, 1.165) is 24.1 Å². The second-order valence-corrected chi connectivity index (χ2v) is 6.10. The molecule has 0 saturated carbocycles. The van der Waals surface area contributed by atoms with Crippen molar-refractivity contribution in [3.8, 4) is 0 Å². The highest BCUT2D eigenvalue weighted by Gasteiger charge is 2.47. The maximum Gasteiger partial charge on any atom is 0.248 e. The summed E-state index contributed by atoms with van der Waals surface area (Å²) in [6, 6.07) is 3.52. The number of nitrogens with two attached hydrogens (primary N) is 1. The summed E-state index contributed by atoms with van der Waals surface area (Å²) in [5, 5.41) is 0. The van der Waals surface area contributed by atoms with Gasteiger partial charge in [0.25, 0.3) is 0 Å². The molecule has 2 aliphatic rings. The zero-order valence-corrected chi connectivity index (χ0v) is 12.4. The van der Waals surface area contributed by atoms with Crippen molar-refractivity contribution in [2.45, 2.75) is 45.1 Å². The maximum atomic E-state index is 11.7. The Labute approximate surface area is 119 Å². The quantitative estimate of drug-likeness (QED) is 0.771. The smallest absolute Gasteiger partial charge is 0.248 e. The molecule has 106 valence electrons. The molecule has 3 nitrogen and oxygen atoms in total. The van der Waals surface area contributed by atoms with Crippen LogP contribution in [0.1, 0.15) is 50.8 Å². The van der Waals surface area contributed by atoms with Gasteiger partial charge in [0, 0.05) is 23.6 Å². The summed E-state index contributed by atoms with van der Waals surface area (Å²) in [5.41, 5.74) is 11.1. The van der Waals surface area contributed by atoms with E-state index >= 15 is 0 Å². The molecule has 0 aliphatic heterocycles. The van der Waals surface area contributed by atoms with Crippen LogP contribution in [0.4, 0.5) is 0 Å². The molecule has 3 rings (SSSR count). The molecule has 2 bridgehead atoms. The van der Waals surface area contributed by atoms with Gasteiger partial charge in [-0.3, -0.25) is 4.79 Å². The van der Waals surface area contributed by atoms with Crippen molar-refractivity contribution >= 4 is 0 Å². The molecule has 1 heterocycles. The van der Waals surface area contributed by atoms with Gasteiger partial charge in [-0.25, -0.2) is 0 Å². The summed E-state index contributed by atoms with van der Waals surface area (Å²) in [5.74, 6) is 0.631. The van der Waals surface area contributed by atoms with E-state index in [0.29, 0.717) is 11.8 Å². The van der Waals surface area contributed by atoms with Crippen LogP contribution < -0.4 is 11.3 Å². The van der Waals surface area contributed by atoms with E-state index in [1.54, 1.807) is 6.07 Å². The Morgan fingerprint density at radius 2 is 2.25 bits per heavy atom. The van der Waals surface area contributed by atoms with Crippen molar-refractivity contribution in [1.82, 2.24) is 4.98 Å². The van der Waals surface area contributed by atoms with E-state index in [1.165, 1.54) is 11.1 Å². The zero-order valence-electron chi connectivity index (χ0n) is 12.4. The van der Waals surface area contributed by atoms with Crippen LogP contribution in [0.15, 0.2) is 40.2 Å². The van der Waals surface area contributed by atoms with Crippen LogP contribution in [0.5, 0.6) is 0 Å². The summed E-state index contributed by atoms with van der Waals surface area (Å²) in [7, 11) is 0. The third-order valence-corrected chi connectivity index (χ3v) is 4.88. The van der Waals surface area contributed by atoms with E-state index < -0.39 is 5.54 Å². The van der Waals surface area contributed by atoms with Gasteiger partial charge in [0.2, 0.25) is 5.56 Å². The predicted molar refractivity (Wildman–Crippen MR) is 81.6 cm³/mol. The molecule has 0 radical (unpaired) electrons. The number of aromatic amines is 1. The minimum atomic E-state index is -0.455. The lowest BCUT2D eigenvalue weighted by atomic mass is 9.59. The van der Waals surface area contributed by atoms with Gasteiger partial charge >= 0.3 is 0 Å². The Kier molecular flexibility index (Phi) is 2.98. The van der Waals surface area contributed by atoms with Gasteiger partial charge in [-0.1, -0.05) is 24.6 Å². The minimum absolute atomic E-state index is 0.0338. The van der Waals surface area contributed by atoms with Crippen molar-refractivity contribution in [1.29, 1.82) is 0 Å². The predicted octanol–water partition coefficient (Wildman–Crippen LogP) is 2.95. The molecule has 0 saturated heterocycles. The SMILES string of the molecule is C/C=C1\C2C=C(C)CC1(N)c1ccc(=O)[nH]c1C2CC. The molecule has 3 unspecified atom stereocenters. The molecule has 3 heteroatoms. The summed E-state index contributed by atoms with van der Waals surface area (Å²) in [4.78, 5) is 14.8. The van der Waals surface area contributed by atoms with E-state index in [4.69, 9.17) is 5.73 Å². The number of nitrogens with one attached hydrogen (secondary N) is 1. The molecule has 3 N–H and O–H groups in total. The number of aromatic nitrogens is 1. The minimum Gasteiger partial charge on any atom is -0.326 e. The number of H-pyrrole nitrogens is 1. The molecule has 2 aliphatic carbocycles. The fraction of sp³-hybridized carbons (Fsp3) is 0.471. The van der Waals surface area contributed by atoms with Gasteiger partial charge in [-0.15, -0.1) is 0 Å². The Morgan fingerprint density at radius 1 is 1.50 bits per heavy atom. The molecule has 1 aromatic rings. The first-order valence-electron chi connectivity index (χ1n) is 7.37. The van der Waals surface area contributed by atoms with Crippen LogP contribution in [0.3, 0.4) is 0 Å². The van der Waals surface area contributed by atoms with Crippen molar-refractivity contribution in [3.63, 3.8) is 0 Å². The Hall–Kier alpha value is -1.61. The summed E-state index contributed by atoms with van der Waals surface area (Å²) in [6.45, 7) is 6.40. The average Bonchev–Trinajstić information content (AvgIpc) is 2.38. The van der Waals surface area contributed by atoms with E-state index in [-0.39, 0.29) is 5.56 Å². The molecule has 20 heavy (non-hydrogen) atoms. The first-order valence-corrected chi connectivity index (χ1v) is 7.37. The lowest BCUT2D eigenvalue weighted by molar-refractivity contribution is 0.359. The fourth-order valence-corrected chi connectivity index (χ4v) is 4.14. The third-order valence-electron chi connectivity index (χ3n) is 4.88. The zero-order chi connectivity index (χ0) is 14.5. The normalized spacial score (nSPS) is 33.8. The molecule has 0 spiro atoms. The topological polar surface area (TPSA) is 58.9 Å². The lowest BCUT2D eigenvalue weighted by Gasteiger charge is -2.48. The second-order valence-electron chi connectivity index (χ2n) is 6.10. The number of fused-ring (bicyclic) bond motifs is 4. The van der Waals surface area contributed by atoms with Crippen LogP contribution in [0, 0.1) is 5.92 Å². The number of rotatable bonds is 1. The van der Waals surface area contributed by atoms with Gasteiger partial charge in [-0.05, 0) is 43.9 Å². The van der Waals surface area contributed by atoms with Crippen molar-refractivity contribution in [2.75, 3.05) is 0 Å². The third kappa shape index (κ3) is 1.66. The van der Waals surface area contributed by atoms with Crippen molar-refractivity contribution < 1.29 is 0 Å². The highest BCUT2D eigenvalue weighted by molar-refractivity contribution is 5.51. The summed E-state index contributed by atoms with van der Waals surface area (Å²) < 4.78 is 0. The molecule has 0 amide bonds. The van der Waals surface area contributed by atoms with Gasteiger partial charge < -0.3 is 10.7 Å². The summed E-state index contributed by atoms with van der Waals surface area (Å²) in [6.07, 6.45) is 6.33. The molecule has 1 aromatic heterocycles. The van der Waals surface area contributed by atoms with Crippen LogP contribution in [-0.2, 0) is 5.54 Å². The largest absolute Gasteiger partial charge is 0.326 e. The van der Waals surface area contributed by atoms with Gasteiger partial charge in [0.1, 0.15) is 0 Å². The van der Waals surface area contributed by atoms with Crippen LogP contribution >= 0.6 is 0 Å². The number of hydrogen-bond donors (Lipinski definition) is 2. The molecule has 3 atom stereocenters. The number of hydrogen-bond acceptors (Lipinski definition) is 2. The first kappa shape index (κ1) is 13.4. The monoisotopic (exact) mass is 270 g/mol. The second kappa shape index (κ2) is 4.45. The van der Waals surface area contributed by atoms with Crippen molar-refractivity contribution in [3.05, 3.63) is 57.0 Å². The van der Waals surface area contributed by atoms with Gasteiger partial charge in [-0.2, -0.15) is 0 Å². The first-order chi connectivity index (χ1) is 9.51. The molecular weight excluding hydrogens is 248 g/mol. The Bertz CT molecular complexity index is 668. The van der Waals surface area contributed by atoms with Crippen molar-refractivity contribution in [2.24, 2.45) is 11.7 Å². The average molecular weight is 270 g/mol. The highest BCUT2D eigenvalue weighted by Crippen LogP contribution is 2.53. The number of pyridine rings is 1. The van der Waals surface area contributed by atoms with Gasteiger partial charge in [0.15, 0.2) is 0 Å². The Balaban J connectivity index is 2.34. The number of allylic oxidation sites excluding steroid dienone is 2. The van der Waals surface area contributed by atoms with E-state index in [1.807, 2.05) is 6.07 Å². The molecule has 0 fully saturated rings. The van der Waals surface area contributed by atoms with Crippen LogP contribution in [0.25, 0.3) is 0 Å². The highest BCUT2D eigenvalue weighted by atomic mass is 16.1. The Morgan fingerprint density at radius 3 is 2.90 bits per heavy atom. The molecular formula is C17H22N2O. The van der Waals surface area contributed by atoms with Gasteiger partial charge in [0.05, 0.1) is 5.54 Å². The maximum absolute atomic E-state index is 11.7. The van der Waals surface area contributed by atoms with Crippen LogP contribution in [0.2, 0.25) is 0 Å².